The van der Waals surface area contributed by atoms with Gasteiger partial charge in [-0.25, -0.2) is 8.42 Å². The average molecular weight is 535 g/mol. The standard InChI is InChI=1S/C29H34N4O4S/c1-22(2)33(38(36,37)27-7-5-4-6-8-27)21-28(34)30-25-13-15-26(16-14-25)31-17-19-32(20-18-31)29(35)24-11-9-23(3)10-12-24/h4-16,22H,17-21H2,1-3H3,(H,30,34). The summed E-state index contributed by atoms with van der Waals surface area (Å²) in [5, 5.41) is 2.81. The van der Waals surface area contributed by atoms with Crippen molar-refractivity contribution in [3.05, 3.63) is 90.0 Å². The maximum Gasteiger partial charge on any atom is 0.253 e. The van der Waals surface area contributed by atoms with E-state index in [-0.39, 0.29) is 23.4 Å². The Balaban J connectivity index is 1.33. The van der Waals surface area contributed by atoms with Gasteiger partial charge in [-0.3, -0.25) is 9.59 Å². The summed E-state index contributed by atoms with van der Waals surface area (Å²) >= 11 is 0. The molecule has 9 heteroatoms. The van der Waals surface area contributed by atoms with Gasteiger partial charge in [0.25, 0.3) is 5.91 Å². The van der Waals surface area contributed by atoms with E-state index in [1.807, 2.05) is 60.4 Å². The SMILES string of the molecule is Cc1ccc(C(=O)N2CCN(c3ccc(NC(=O)CN(C(C)C)S(=O)(=O)c4ccccc4)cc3)CC2)cc1. The van der Waals surface area contributed by atoms with E-state index in [1.165, 1.54) is 16.4 Å². The number of anilines is 2. The van der Waals surface area contributed by atoms with E-state index < -0.39 is 15.9 Å². The Morgan fingerprint density at radius 2 is 1.47 bits per heavy atom. The summed E-state index contributed by atoms with van der Waals surface area (Å²) in [6.07, 6.45) is 0. The molecule has 38 heavy (non-hydrogen) atoms. The molecule has 1 fully saturated rings. The van der Waals surface area contributed by atoms with Gasteiger partial charge in [-0.1, -0.05) is 35.9 Å². The van der Waals surface area contributed by atoms with Gasteiger partial charge < -0.3 is 15.1 Å². The molecule has 3 aromatic rings. The predicted octanol–water partition coefficient (Wildman–Crippen LogP) is 4.00. The van der Waals surface area contributed by atoms with Crippen LogP contribution in [0.2, 0.25) is 0 Å². The first-order valence-corrected chi connectivity index (χ1v) is 14.2. The van der Waals surface area contributed by atoms with Crippen molar-refractivity contribution >= 4 is 33.2 Å². The Bertz CT molecular complexity index is 1350. The van der Waals surface area contributed by atoms with Crippen molar-refractivity contribution in [3.63, 3.8) is 0 Å². The van der Waals surface area contributed by atoms with Crippen LogP contribution in [0.4, 0.5) is 11.4 Å². The number of hydrogen-bond acceptors (Lipinski definition) is 5. The highest BCUT2D eigenvalue weighted by atomic mass is 32.2. The minimum atomic E-state index is -3.80. The highest BCUT2D eigenvalue weighted by Crippen LogP contribution is 2.22. The Morgan fingerprint density at radius 3 is 2.05 bits per heavy atom. The number of carbonyl (C=O) groups excluding carboxylic acids is 2. The van der Waals surface area contributed by atoms with Crippen molar-refractivity contribution in [1.82, 2.24) is 9.21 Å². The van der Waals surface area contributed by atoms with Crippen molar-refractivity contribution < 1.29 is 18.0 Å². The largest absolute Gasteiger partial charge is 0.368 e. The molecule has 0 aromatic heterocycles. The lowest BCUT2D eigenvalue weighted by Gasteiger charge is -2.36. The van der Waals surface area contributed by atoms with Crippen LogP contribution in [0.25, 0.3) is 0 Å². The van der Waals surface area contributed by atoms with Crippen LogP contribution in [0, 0.1) is 6.92 Å². The molecule has 200 valence electrons. The summed E-state index contributed by atoms with van der Waals surface area (Å²) < 4.78 is 27.3. The highest BCUT2D eigenvalue weighted by molar-refractivity contribution is 7.89. The van der Waals surface area contributed by atoms with E-state index in [1.54, 1.807) is 32.0 Å². The Labute approximate surface area is 224 Å². The number of sulfonamides is 1. The second-order valence-electron chi connectivity index (χ2n) is 9.70. The van der Waals surface area contributed by atoms with Crippen LogP contribution in [-0.4, -0.2) is 68.2 Å². The molecule has 3 aromatic carbocycles. The van der Waals surface area contributed by atoms with Crippen molar-refractivity contribution in [2.75, 3.05) is 42.9 Å². The summed E-state index contributed by atoms with van der Waals surface area (Å²) in [7, 11) is -3.80. The Hall–Kier alpha value is -3.69. The maximum atomic E-state index is 13.1. The number of piperazine rings is 1. The molecule has 0 atom stereocenters. The second-order valence-corrected chi connectivity index (χ2v) is 11.6. The first kappa shape index (κ1) is 27.3. The zero-order chi connectivity index (χ0) is 27.3. The van der Waals surface area contributed by atoms with Crippen LogP contribution in [0.15, 0.2) is 83.8 Å². The van der Waals surface area contributed by atoms with Crippen LogP contribution in [0.1, 0.15) is 29.8 Å². The normalized spacial score (nSPS) is 14.1. The molecule has 2 amide bonds. The van der Waals surface area contributed by atoms with Gasteiger partial charge in [-0.15, -0.1) is 0 Å². The van der Waals surface area contributed by atoms with Crippen LogP contribution >= 0.6 is 0 Å². The number of amides is 2. The fourth-order valence-corrected chi connectivity index (χ4v) is 6.03. The van der Waals surface area contributed by atoms with Gasteiger partial charge in [-0.2, -0.15) is 4.31 Å². The monoisotopic (exact) mass is 534 g/mol. The van der Waals surface area contributed by atoms with Crippen molar-refractivity contribution in [3.8, 4) is 0 Å². The first-order valence-electron chi connectivity index (χ1n) is 12.7. The minimum Gasteiger partial charge on any atom is -0.368 e. The van der Waals surface area contributed by atoms with Crippen LogP contribution in [0.3, 0.4) is 0 Å². The van der Waals surface area contributed by atoms with Gasteiger partial charge in [0.05, 0.1) is 11.4 Å². The second kappa shape index (κ2) is 11.8. The lowest BCUT2D eigenvalue weighted by molar-refractivity contribution is -0.116. The lowest BCUT2D eigenvalue weighted by atomic mass is 10.1. The van der Waals surface area contributed by atoms with Crippen molar-refractivity contribution in [2.45, 2.75) is 31.7 Å². The summed E-state index contributed by atoms with van der Waals surface area (Å²) in [5.74, 6) is -0.360. The molecule has 1 saturated heterocycles. The van der Waals surface area contributed by atoms with Crippen LogP contribution in [0.5, 0.6) is 0 Å². The van der Waals surface area contributed by atoms with Crippen LogP contribution < -0.4 is 10.2 Å². The molecule has 4 rings (SSSR count). The lowest BCUT2D eigenvalue weighted by Crippen LogP contribution is -2.48. The molecule has 0 aliphatic carbocycles. The summed E-state index contributed by atoms with van der Waals surface area (Å²) in [6, 6.07) is 22.8. The Morgan fingerprint density at radius 1 is 0.868 bits per heavy atom. The van der Waals surface area contributed by atoms with E-state index >= 15 is 0 Å². The molecule has 0 saturated carbocycles. The summed E-state index contributed by atoms with van der Waals surface area (Å²) in [6.45, 7) is 7.90. The topological polar surface area (TPSA) is 90.0 Å². The highest BCUT2D eigenvalue weighted by Gasteiger charge is 2.29. The molecule has 0 bridgehead atoms. The summed E-state index contributed by atoms with van der Waals surface area (Å²) in [4.78, 5) is 29.8. The van der Waals surface area contributed by atoms with Gasteiger partial charge in [0, 0.05) is 49.2 Å². The zero-order valence-electron chi connectivity index (χ0n) is 22.0. The molecule has 1 N–H and O–H groups in total. The molecular formula is C29H34N4O4S. The van der Waals surface area contributed by atoms with E-state index in [4.69, 9.17) is 0 Å². The van der Waals surface area contributed by atoms with Gasteiger partial charge >= 0.3 is 0 Å². The molecule has 1 aliphatic rings. The van der Waals surface area contributed by atoms with Gasteiger partial charge in [0.2, 0.25) is 15.9 Å². The fourth-order valence-electron chi connectivity index (χ4n) is 4.42. The molecule has 0 spiro atoms. The number of benzene rings is 3. The number of nitrogens with zero attached hydrogens (tertiary/aromatic N) is 3. The molecule has 8 nitrogen and oxygen atoms in total. The average Bonchev–Trinajstić information content (AvgIpc) is 2.92. The number of hydrogen-bond donors (Lipinski definition) is 1. The third-order valence-corrected chi connectivity index (χ3v) is 8.64. The van der Waals surface area contributed by atoms with E-state index in [2.05, 4.69) is 10.2 Å². The molecule has 0 unspecified atom stereocenters. The fraction of sp³-hybridized carbons (Fsp3) is 0.310. The quantitative estimate of drug-likeness (QED) is 0.472. The van der Waals surface area contributed by atoms with Crippen molar-refractivity contribution in [1.29, 1.82) is 0 Å². The van der Waals surface area contributed by atoms with Gasteiger partial charge in [0.1, 0.15) is 0 Å². The minimum absolute atomic E-state index is 0.0485. The number of rotatable bonds is 8. The number of nitrogens with one attached hydrogen (secondary N) is 1. The number of carbonyl (C=O) groups is 2. The molecular weight excluding hydrogens is 500 g/mol. The van der Waals surface area contributed by atoms with Gasteiger partial charge in [0.15, 0.2) is 0 Å². The smallest absolute Gasteiger partial charge is 0.253 e. The third-order valence-electron chi connectivity index (χ3n) is 6.61. The first-order chi connectivity index (χ1) is 18.1. The predicted molar refractivity (Wildman–Crippen MR) is 150 cm³/mol. The van der Waals surface area contributed by atoms with E-state index in [0.29, 0.717) is 37.4 Å². The van der Waals surface area contributed by atoms with Crippen molar-refractivity contribution in [2.24, 2.45) is 0 Å². The van der Waals surface area contributed by atoms with Gasteiger partial charge in [-0.05, 0) is 69.3 Å². The number of aryl methyl sites for hydroxylation is 1. The maximum absolute atomic E-state index is 13.1. The molecule has 1 aliphatic heterocycles. The molecule has 0 radical (unpaired) electrons. The Kier molecular flexibility index (Phi) is 8.48. The van der Waals surface area contributed by atoms with E-state index in [9.17, 15) is 18.0 Å². The zero-order valence-corrected chi connectivity index (χ0v) is 22.8. The third kappa shape index (κ3) is 6.41. The van der Waals surface area contributed by atoms with E-state index in [0.717, 1.165) is 11.3 Å². The molecule has 1 heterocycles. The van der Waals surface area contributed by atoms with Crippen LogP contribution in [-0.2, 0) is 14.8 Å². The summed E-state index contributed by atoms with van der Waals surface area (Å²) in [5.41, 5.74) is 3.42.